The molecule has 118 valence electrons. The molecule has 2 heterocycles. The largest absolute Gasteiger partial charge is 0.299 e. The fourth-order valence-electron chi connectivity index (χ4n) is 1.86. The summed E-state index contributed by atoms with van der Waals surface area (Å²) >= 11 is 8.38. The fraction of sp³-hybridized carbons (Fsp3) is 0.214. The first-order valence-corrected chi connectivity index (χ1v) is 8.83. The second-order valence-corrected chi connectivity index (χ2v) is 7.42. The molecule has 9 heteroatoms. The van der Waals surface area contributed by atoms with Crippen LogP contribution in [0.5, 0.6) is 0 Å². The van der Waals surface area contributed by atoms with Crippen LogP contribution in [0.2, 0.25) is 5.02 Å². The maximum absolute atomic E-state index is 12.5. The van der Waals surface area contributed by atoms with E-state index in [0.717, 1.165) is 5.56 Å². The lowest BCUT2D eigenvalue weighted by Gasteiger charge is -2.00. The van der Waals surface area contributed by atoms with Gasteiger partial charge in [0.05, 0.1) is 5.75 Å². The Morgan fingerprint density at radius 3 is 2.74 bits per heavy atom. The van der Waals surface area contributed by atoms with Crippen molar-refractivity contribution in [2.75, 3.05) is 5.75 Å². The van der Waals surface area contributed by atoms with Crippen LogP contribution in [0.4, 0.5) is 0 Å². The van der Waals surface area contributed by atoms with Gasteiger partial charge >= 0.3 is 0 Å². The van der Waals surface area contributed by atoms with Gasteiger partial charge in [0.15, 0.2) is 4.34 Å². The molecule has 0 aliphatic rings. The highest BCUT2D eigenvalue weighted by molar-refractivity contribution is 8.01. The van der Waals surface area contributed by atoms with Crippen LogP contribution in [0.3, 0.4) is 0 Å². The summed E-state index contributed by atoms with van der Waals surface area (Å²) in [5.74, 6) is 0.371. The number of carbonyl (C=O) groups is 1. The lowest BCUT2D eigenvalue weighted by Crippen LogP contribution is -2.22. The first-order chi connectivity index (χ1) is 11.0. The summed E-state index contributed by atoms with van der Waals surface area (Å²) in [5.41, 5.74) is 0.941. The molecule has 1 aromatic carbocycles. The van der Waals surface area contributed by atoms with E-state index in [2.05, 4.69) is 15.3 Å². The Morgan fingerprint density at radius 2 is 2.04 bits per heavy atom. The van der Waals surface area contributed by atoms with Crippen LogP contribution in [-0.4, -0.2) is 31.3 Å². The van der Waals surface area contributed by atoms with E-state index in [1.165, 1.54) is 34.5 Å². The average molecular weight is 367 g/mol. The Kier molecular flexibility index (Phi) is 4.74. The summed E-state index contributed by atoms with van der Waals surface area (Å²) in [7, 11) is 0. The number of nitrogens with zero attached hydrogens (tertiary/aromatic N) is 4. The third kappa shape index (κ3) is 3.77. The Morgan fingerprint density at radius 1 is 1.30 bits per heavy atom. The molecule has 0 spiro atoms. The van der Waals surface area contributed by atoms with E-state index >= 15 is 0 Å². The van der Waals surface area contributed by atoms with E-state index in [1.54, 1.807) is 12.1 Å². The third-order valence-corrected chi connectivity index (χ3v) is 5.35. The Balaban J connectivity index is 1.90. The first-order valence-electron chi connectivity index (χ1n) is 6.65. The monoisotopic (exact) mass is 366 g/mol. The topological polar surface area (TPSA) is 77.2 Å². The molecular weight excluding hydrogens is 356 g/mol. The number of halogens is 1. The van der Waals surface area contributed by atoms with Crippen molar-refractivity contribution in [3.05, 3.63) is 50.9 Å². The number of hydrogen-bond acceptors (Lipinski definition) is 7. The second-order valence-electron chi connectivity index (χ2n) is 4.81. The molecule has 0 bridgehead atoms. The van der Waals surface area contributed by atoms with E-state index in [9.17, 15) is 9.59 Å². The number of hydrogen-bond donors (Lipinski definition) is 0. The molecule has 0 aliphatic heterocycles. The van der Waals surface area contributed by atoms with Gasteiger partial charge in [0, 0.05) is 11.4 Å². The normalized spacial score (nSPS) is 11.0. The lowest BCUT2D eigenvalue weighted by molar-refractivity contribution is -0.114. The summed E-state index contributed by atoms with van der Waals surface area (Å²) in [6.07, 6.45) is 0.361. The number of carbonyl (C=O) groups excluding carboxylic acids is 1. The SMILES string of the molecule is CC(=O)CSc1nn2c(=O)c(Cc3ccc(Cl)cc3)nnc2s1. The molecule has 0 saturated heterocycles. The third-order valence-electron chi connectivity index (χ3n) is 2.92. The molecular formula is C14H11ClN4O2S2. The van der Waals surface area contributed by atoms with Gasteiger partial charge in [-0.1, -0.05) is 46.8 Å². The van der Waals surface area contributed by atoms with Crippen molar-refractivity contribution in [1.82, 2.24) is 19.8 Å². The highest BCUT2D eigenvalue weighted by Gasteiger charge is 2.13. The Bertz CT molecular complexity index is 921. The number of benzene rings is 1. The first kappa shape index (κ1) is 16.1. The van der Waals surface area contributed by atoms with Crippen molar-refractivity contribution in [2.24, 2.45) is 0 Å². The van der Waals surface area contributed by atoms with Crippen LogP contribution in [0, 0.1) is 0 Å². The predicted octanol–water partition coefficient (Wildman–Crippen LogP) is 2.47. The average Bonchev–Trinajstić information content (AvgIpc) is 2.94. The highest BCUT2D eigenvalue weighted by atomic mass is 35.5. The number of thioether (sulfide) groups is 1. The zero-order valence-electron chi connectivity index (χ0n) is 12.0. The van der Waals surface area contributed by atoms with Gasteiger partial charge in [0.25, 0.3) is 5.56 Å². The van der Waals surface area contributed by atoms with E-state index in [-0.39, 0.29) is 11.3 Å². The van der Waals surface area contributed by atoms with Crippen LogP contribution in [0.1, 0.15) is 18.2 Å². The quantitative estimate of drug-likeness (QED) is 0.645. The number of ketones is 1. The van der Waals surface area contributed by atoms with Crippen LogP contribution in [0.25, 0.3) is 4.96 Å². The molecule has 3 rings (SSSR count). The molecule has 0 unspecified atom stereocenters. The molecule has 0 aliphatic carbocycles. The minimum Gasteiger partial charge on any atom is -0.299 e. The van der Waals surface area contributed by atoms with Crippen molar-refractivity contribution in [3.8, 4) is 0 Å². The smallest absolute Gasteiger partial charge is 0.297 e. The Labute approximate surface area is 144 Å². The number of aromatic nitrogens is 4. The molecule has 0 radical (unpaired) electrons. The molecule has 0 atom stereocenters. The molecule has 0 N–H and O–H groups in total. The molecule has 2 aromatic heterocycles. The van der Waals surface area contributed by atoms with Gasteiger partial charge in [-0.2, -0.15) is 4.52 Å². The molecule has 0 fully saturated rings. The van der Waals surface area contributed by atoms with Gasteiger partial charge < -0.3 is 0 Å². The highest BCUT2D eigenvalue weighted by Crippen LogP contribution is 2.22. The van der Waals surface area contributed by atoms with Crippen LogP contribution in [0.15, 0.2) is 33.4 Å². The van der Waals surface area contributed by atoms with E-state index < -0.39 is 0 Å². The summed E-state index contributed by atoms with van der Waals surface area (Å²) in [6.45, 7) is 1.51. The van der Waals surface area contributed by atoms with Crippen LogP contribution in [-0.2, 0) is 11.2 Å². The van der Waals surface area contributed by atoms with Gasteiger partial charge in [0.1, 0.15) is 11.5 Å². The van der Waals surface area contributed by atoms with Gasteiger partial charge in [-0.25, -0.2) is 0 Å². The standard InChI is InChI=1S/C14H11ClN4O2S2/c1-8(20)7-22-14-18-19-12(21)11(16-17-13(19)23-14)6-9-2-4-10(15)5-3-9/h2-5H,6-7H2,1H3. The molecule has 23 heavy (non-hydrogen) atoms. The number of fused-ring (bicyclic) bond motifs is 1. The van der Waals surface area contributed by atoms with Crippen molar-refractivity contribution < 1.29 is 4.79 Å². The lowest BCUT2D eigenvalue weighted by atomic mass is 10.1. The van der Waals surface area contributed by atoms with E-state index in [0.29, 0.717) is 32.2 Å². The van der Waals surface area contributed by atoms with Gasteiger partial charge in [-0.15, -0.1) is 15.3 Å². The summed E-state index contributed by atoms with van der Waals surface area (Å²) in [6, 6.07) is 7.21. The maximum Gasteiger partial charge on any atom is 0.297 e. The maximum atomic E-state index is 12.5. The second kappa shape index (κ2) is 6.77. The van der Waals surface area contributed by atoms with E-state index in [1.807, 2.05) is 12.1 Å². The number of rotatable bonds is 5. The van der Waals surface area contributed by atoms with Crippen molar-refractivity contribution in [3.63, 3.8) is 0 Å². The summed E-state index contributed by atoms with van der Waals surface area (Å²) in [5, 5.41) is 12.9. The summed E-state index contributed by atoms with van der Waals surface area (Å²) in [4.78, 5) is 23.9. The zero-order valence-corrected chi connectivity index (χ0v) is 14.4. The Hall–Kier alpha value is -1.77. The van der Waals surface area contributed by atoms with Gasteiger partial charge in [0.2, 0.25) is 4.96 Å². The van der Waals surface area contributed by atoms with Gasteiger partial charge in [-0.3, -0.25) is 9.59 Å². The molecule has 0 saturated carbocycles. The summed E-state index contributed by atoms with van der Waals surface area (Å²) < 4.78 is 1.86. The number of Topliss-reactive ketones (excluding diaryl/α,β-unsaturated/α-hetero) is 1. The fourth-order valence-corrected chi connectivity index (χ4v) is 3.66. The van der Waals surface area contributed by atoms with Crippen molar-refractivity contribution >= 4 is 45.4 Å². The van der Waals surface area contributed by atoms with E-state index in [4.69, 9.17) is 11.6 Å². The molecule has 0 amide bonds. The van der Waals surface area contributed by atoms with Crippen molar-refractivity contribution in [1.29, 1.82) is 0 Å². The van der Waals surface area contributed by atoms with Crippen LogP contribution < -0.4 is 5.56 Å². The zero-order chi connectivity index (χ0) is 16.4. The predicted molar refractivity (Wildman–Crippen MR) is 90.6 cm³/mol. The molecule has 6 nitrogen and oxygen atoms in total. The van der Waals surface area contributed by atoms with Crippen LogP contribution >= 0.6 is 34.7 Å². The minimum absolute atomic E-state index is 0.0520. The minimum atomic E-state index is -0.295. The van der Waals surface area contributed by atoms with Gasteiger partial charge in [-0.05, 0) is 24.6 Å². The molecule has 3 aromatic rings. The van der Waals surface area contributed by atoms with Crippen molar-refractivity contribution in [2.45, 2.75) is 17.7 Å².